The smallest absolute Gasteiger partial charge is 0.258 e. The van der Waals surface area contributed by atoms with Crippen molar-refractivity contribution < 1.29 is 4.92 Å². The molecule has 3 heteroatoms. The van der Waals surface area contributed by atoms with Crippen LogP contribution < -0.4 is 0 Å². The van der Waals surface area contributed by atoms with E-state index in [0.717, 1.165) is 5.92 Å². The second kappa shape index (κ2) is 3.93. The van der Waals surface area contributed by atoms with Crippen LogP contribution in [0.5, 0.6) is 0 Å². The lowest BCUT2D eigenvalue weighted by molar-refractivity contribution is -0.385. The van der Waals surface area contributed by atoms with Gasteiger partial charge in [-0.25, -0.2) is 0 Å². The summed E-state index contributed by atoms with van der Waals surface area (Å²) < 4.78 is 0. The topological polar surface area (TPSA) is 43.1 Å². The van der Waals surface area contributed by atoms with Crippen molar-refractivity contribution in [2.75, 3.05) is 0 Å². The first-order valence-corrected chi connectivity index (χ1v) is 4.12. The number of terminal acetylenes is 1. The Morgan fingerprint density at radius 1 is 1.50 bits per heavy atom. The predicted octanol–water partition coefficient (Wildman–Crippen LogP) is 2.54. The maximum atomic E-state index is 10.8. The number of hydrogen-bond donors (Lipinski definition) is 0. The highest BCUT2D eigenvalue weighted by Gasteiger charge is 2.20. The molecule has 0 aliphatic rings. The minimum absolute atomic E-state index is 0.0231. The summed E-state index contributed by atoms with van der Waals surface area (Å²) in [6, 6.07) is 5.00. The third-order valence-electron chi connectivity index (χ3n) is 1.91. The van der Waals surface area contributed by atoms with Crippen molar-refractivity contribution in [3.8, 4) is 12.3 Å². The molecule has 0 N–H and O–H groups in total. The molecule has 0 fully saturated rings. The van der Waals surface area contributed by atoms with Crippen LogP contribution in [0.1, 0.15) is 25.0 Å². The summed E-state index contributed by atoms with van der Waals surface area (Å²) in [6.45, 7) is 3.64. The molecule has 0 saturated heterocycles. The first-order chi connectivity index (χ1) is 6.57. The Balaban J connectivity index is 3.45. The van der Waals surface area contributed by atoms with E-state index in [-0.39, 0.29) is 5.69 Å². The standard InChI is InChI=1S/C11H10NO2/c1-4-9-6-5-7-10(8(2)3)11(9)12(13)14/h1,5-7H,2-3H3. The van der Waals surface area contributed by atoms with E-state index < -0.39 is 4.92 Å². The number of nitrogens with zero attached hydrogens (tertiary/aromatic N) is 1. The molecule has 0 unspecified atom stereocenters. The molecule has 0 aliphatic heterocycles. The fourth-order valence-corrected chi connectivity index (χ4v) is 1.26. The van der Waals surface area contributed by atoms with Gasteiger partial charge in [-0.3, -0.25) is 10.1 Å². The molecule has 0 atom stereocenters. The van der Waals surface area contributed by atoms with E-state index in [1.807, 2.05) is 13.8 Å². The highest BCUT2D eigenvalue weighted by molar-refractivity contribution is 5.58. The molecule has 3 nitrogen and oxygen atoms in total. The van der Waals surface area contributed by atoms with E-state index in [9.17, 15) is 10.1 Å². The van der Waals surface area contributed by atoms with Crippen molar-refractivity contribution in [1.29, 1.82) is 0 Å². The van der Waals surface area contributed by atoms with Crippen molar-refractivity contribution >= 4 is 5.69 Å². The van der Waals surface area contributed by atoms with Gasteiger partial charge in [0.05, 0.1) is 4.92 Å². The molecule has 0 heterocycles. The van der Waals surface area contributed by atoms with Crippen LogP contribution in [-0.2, 0) is 0 Å². The number of para-hydroxylation sites is 1. The van der Waals surface area contributed by atoms with Crippen molar-refractivity contribution in [1.82, 2.24) is 0 Å². The van der Waals surface area contributed by atoms with Gasteiger partial charge in [-0.2, -0.15) is 0 Å². The van der Waals surface area contributed by atoms with Gasteiger partial charge in [-0.1, -0.05) is 31.9 Å². The molecule has 0 spiro atoms. The van der Waals surface area contributed by atoms with Crippen LogP contribution >= 0.6 is 0 Å². The lowest BCUT2D eigenvalue weighted by Gasteiger charge is -2.06. The zero-order valence-corrected chi connectivity index (χ0v) is 8.07. The van der Waals surface area contributed by atoms with Gasteiger partial charge in [0.1, 0.15) is 5.56 Å². The summed E-state index contributed by atoms with van der Waals surface area (Å²) in [5, 5.41) is 10.8. The average Bonchev–Trinajstić information content (AvgIpc) is 2.16. The van der Waals surface area contributed by atoms with E-state index in [1.165, 1.54) is 0 Å². The quantitative estimate of drug-likeness (QED) is 0.406. The Hall–Kier alpha value is -1.82. The Labute approximate surface area is 82.9 Å². The lowest BCUT2D eigenvalue weighted by atomic mass is 9.98. The first-order valence-electron chi connectivity index (χ1n) is 4.12. The van der Waals surface area contributed by atoms with E-state index in [0.29, 0.717) is 11.1 Å². The normalized spacial score (nSPS) is 9.86. The van der Waals surface area contributed by atoms with E-state index in [1.54, 1.807) is 18.2 Å². The summed E-state index contributed by atoms with van der Waals surface area (Å²) in [5.41, 5.74) is 0.953. The number of benzene rings is 1. The second-order valence-electron chi connectivity index (χ2n) is 3.10. The van der Waals surface area contributed by atoms with Crippen LogP contribution in [0.25, 0.3) is 0 Å². The average molecular weight is 188 g/mol. The third-order valence-corrected chi connectivity index (χ3v) is 1.91. The Bertz CT molecular complexity index is 402. The van der Waals surface area contributed by atoms with Crippen molar-refractivity contribution in [2.45, 2.75) is 13.8 Å². The number of hydrogen-bond acceptors (Lipinski definition) is 2. The Morgan fingerprint density at radius 2 is 2.14 bits per heavy atom. The van der Waals surface area contributed by atoms with Gasteiger partial charge in [0.25, 0.3) is 5.69 Å². The first kappa shape index (κ1) is 10.3. The highest BCUT2D eigenvalue weighted by atomic mass is 16.6. The summed E-state index contributed by atoms with van der Waals surface area (Å²) in [5.74, 6) is 3.20. The van der Waals surface area contributed by atoms with Gasteiger partial charge in [0.2, 0.25) is 0 Å². The van der Waals surface area contributed by atoms with E-state index in [4.69, 9.17) is 6.42 Å². The molecule has 0 saturated carbocycles. The molecular formula is C11H10NO2. The molecule has 1 radical (unpaired) electrons. The maximum absolute atomic E-state index is 10.8. The molecule has 1 aromatic carbocycles. The fraction of sp³-hybridized carbons (Fsp3) is 0.182. The third kappa shape index (κ3) is 1.74. The van der Waals surface area contributed by atoms with Gasteiger partial charge in [-0.15, -0.1) is 6.42 Å². The van der Waals surface area contributed by atoms with Crippen LogP contribution in [0, 0.1) is 28.4 Å². The molecule has 14 heavy (non-hydrogen) atoms. The van der Waals surface area contributed by atoms with Crippen LogP contribution in [-0.4, -0.2) is 4.92 Å². The van der Waals surface area contributed by atoms with Crippen molar-refractivity contribution in [2.24, 2.45) is 0 Å². The van der Waals surface area contributed by atoms with Crippen LogP contribution in [0.4, 0.5) is 5.69 Å². The summed E-state index contributed by atoms with van der Waals surface area (Å²) in [7, 11) is 0. The molecule has 0 bridgehead atoms. The van der Waals surface area contributed by atoms with Gasteiger partial charge in [0, 0.05) is 11.5 Å². The zero-order valence-electron chi connectivity index (χ0n) is 8.07. The minimum atomic E-state index is -0.433. The SMILES string of the molecule is C#Cc1cccc([C](C)C)c1[N+](=O)[O-]. The van der Waals surface area contributed by atoms with Crippen LogP contribution in [0.15, 0.2) is 18.2 Å². The summed E-state index contributed by atoms with van der Waals surface area (Å²) >= 11 is 0. The minimum Gasteiger partial charge on any atom is -0.258 e. The fourth-order valence-electron chi connectivity index (χ4n) is 1.26. The Morgan fingerprint density at radius 3 is 2.57 bits per heavy atom. The monoisotopic (exact) mass is 188 g/mol. The maximum Gasteiger partial charge on any atom is 0.288 e. The summed E-state index contributed by atoms with van der Waals surface area (Å²) in [4.78, 5) is 10.4. The highest BCUT2D eigenvalue weighted by Crippen LogP contribution is 2.28. The summed E-state index contributed by atoms with van der Waals surface area (Å²) in [6.07, 6.45) is 5.19. The second-order valence-corrected chi connectivity index (χ2v) is 3.10. The molecule has 1 aromatic rings. The molecule has 71 valence electrons. The van der Waals surface area contributed by atoms with Gasteiger partial charge >= 0.3 is 0 Å². The van der Waals surface area contributed by atoms with Crippen LogP contribution in [0.2, 0.25) is 0 Å². The number of rotatable bonds is 2. The largest absolute Gasteiger partial charge is 0.288 e. The number of nitro benzene ring substituents is 1. The Kier molecular flexibility index (Phi) is 2.88. The zero-order chi connectivity index (χ0) is 10.7. The molecular weight excluding hydrogens is 178 g/mol. The molecule has 1 rings (SSSR count). The molecule has 0 aliphatic carbocycles. The van der Waals surface area contributed by atoms with E-state index >= 15 is 0 Å². The number of nitro groups is 1. The van der Waals surface area contributed by atoms with Gasteiger partial charge in [0.15, 0.2) is 0 Å². The van der Waals surface area contributed by atoms with Crippen molar-refractivity contribution in [3.63, 3.8) is 0 Å². The molecule has 0 aromatic heterocycles. The predicted molar refractivity (Wildman–Crippen MR) is 54.7 cm³/mol. The van der Waals surface area contributed by atoms with E-state index in [2.05, 4.69) is 5.92 Å². The molecule has 0 amide bonds. The van der Waals surface area contributed by atoms with Gasteiger partial charge < -0.3 is 0 Å². The lowest BCUT2D eigenvalue weighted by Crippen LogP contribution is -2.00. The van der Waals surface area contributed by atoms with Crippen molar-refractivity contribution in [3.05, 3.63) is 45.4 Å². The van der Waals surface area contributed by atoms with Gasteiger partial charge in [-0.05, 0) is 6.07 Å². The van der Waals surface area contributed by atoms with Crippen LogP contribution in [0.3, 0.4) is 0 Å².